The molecule has 0 fully saturated rings. The van der Waals surface area contributed by atoms with Crippen molar-refractivity contribution in [1.29, 1.82) is 10.8 Å². The highest BCUT2D eigenvalue weighted by Crippen LogP contribution is 2.36. The van der Waals surface area contributed by atoms with Gasteiger partial charge in [0.15, 0.2) is 0 Å². The molecule has 0 aliphatic carbocycles. The van der Waals surface area contributed by atoms with E-state index >= 15 is 0 Å². The Morgan fingerprint density at radius 1 is 1.40 bits per heavy atom. The lowest BCUT2D eigenvalue weighted by atomic mass is 10.0. The average molecular weight is 409 g/mol. The quantitative estimate of drug-likeness (QED) is 0.271. The monoisotopic (exact) mass is 409 g/mol. The van der Waals surface area contributed by atoms with Crippen molar-refractivity contribution in [2.24, 2.45) is 4.99 Å². The zero-order valence-corrected chi connectivity index (χ0v) is 17.1. The highest BCUT2D eigenvalue weighted by atomic mass is 16.5. The Labute approximate surface area is 175 Å². The zero-order chi connectivity index (χ0) is 21.5. The van der Waals surface area contributed by atoms with E-state index in [0.29, 0.717) is 36.9 Å². The lowest BCUT2D eigenvalue weighted by Gasteiger charge is -2.13. The molecule has 0 saturated heterocycles. The molecular formula is C21H27N7O2. The van der Waals surface area contributed by atoms with Crippen LogP contribution in [-0.4, -0.2) is 59.2 Å². The summed E-state index contributed by atoms with van der Waals surface area (Å²) in [6.45, 7) is 4.96. The minimum atomic E-state index is 0.0233. The lowest BCUT2D eigenvalue weighted by molar-refractivity contribution is 0.298. The minimum Gasteiger partial charge on any atom is -0.493 e. The number of nitrogens with zero attached hydrogens (tertiary/aromatic N) is 3. The van der Waals surface area contributed by atoms with Gasteiger partial charge in [0.05, 0.1) is 18.9 Å². The van der Waals surface area contributed by atoms with Crippen LogP contribution in [0.1, 0.15) is 25.0 Å². The smallest absolute Gasteiger partial charge is 0.225 e. The maximum Gasteiger partial charge on any atom is 0.225 e. The van der Waals surface area contributed by atoms with Gasteiger partial charge in [-0.05, 0) is 31.5 Å². The van der Waals surface area contributed by atoms with E-state index in [2.05, 4.69) is 15.6 Å². The third-order valence-corrected chi connectivity index (χ3v) is 4.48. The van der Waals surface area contributed by atoms with Crippen LogP contribution in [0.15, 0.2) is 35.6 Å². The molecule has 158 valence electrons. The number of aliphatic hydroxyl groups excluding tert-OH is 1. The van der Waals surface area contributed by atoms with E-state index in [1.807, 2.05) is 38.2 Å². The normalized spacial score (nSPS) is 13.7. The Kier molecular flexibility index (Phi) is 6.97. The maximum absolute atomic E-state index is 8.92. The lowest BCUT2D eigenvalue weighted by Crippen LogP contribution is -2.36. The molecule has 0 amide bonds. The molecular weight excluding hydrogens is 382 g/mol. The van der Waals surface area contributed by atoms with Crippen molar-refractivity contribution in [3.8, 4) is 17.0 Å². The van der Waals surface area contributed by atoms with Crippen LogP contribution in [0.3, 0.4) is 0 Å². The molecule has 0 unspecified atom stereocenters. The Bertz CT molecular complexity index is 976. The second kappa shape index (κ2) is 9.84. The van der Waals surface area contributed by atoms with Crippen LogP contribution in [0.2, 0.25) is 0 Å². The summed E-state index contributed by atoms with van der Waals surface area (Å²) in [7, 11) is 0. The fraction of sp³-hybridized carbons (Fsp3) is 0.333. The average Bonchev–Trinajstić information content (AvgIpc) is 3.07. The summed E-state index contributed by atoms with van der Waals surface area (Å²) in [4.78, 5) is 4.10. The molecule has 0 bridgehead atoms. The minimum absolute atomic E-state index is 0.0233. The Hall–Kier alpha value is -3.46. The van der Waals surface area contributed by atoms with E-state index in [4.69, 9.17) is 25.8 Å². The molecule has 3 rings (SSSR count). The first-order valence-corrected chi connectivity index (χ1v) is 9.82. The van der Waals surface area contributed by atoms with Crippen molar-refractivity contribution >= 4 is 24.1 Å². The topological polar surface area (TPSA) is 131 Å². The molecule has 2 aromatic rings. The molecule has 1 aliphatic heterocycles. The summed E-state index contributed by atoms with van der Waals surface area (Å²) in [5.41, 5.74) is 4.25. The summed E-state index contributed by atoms with van der Waals surface area (Å²) in [6.07, 6.45) is 6.59. The van der Waals surface area contributed by atoms with Crippen molar-refractivity contribution in [2.45, 2.75) is 26.3 Å². The number of aliphatic hydroxyl groups is 1. The van der Waals surface area contributed by atoms with Crippen molar-refractivity contribution in [1.82, 2.24) is 20.4 Å². The molecule has 1 aromatic carbocycles. The van der Waals surface area contributed by atoms with Gasteiger partial charge < -0.3 is 25.9 Å². The number of hydrogen-bond donors (Lipinski definition) is 5. The number of rotatable bonds is 7. The molecule has 5 N–H and O–H groups in total. The number of benzene rings is 1. The van der Waals surface area contributed by atoms with Gasteiger partial charge >= 0.3 is 0 Å². The fourth-order valence-corrected chi connectivity index (χ4v) is 3.15. The van der Waals surface area contributed by atoms with Crippen molar-refractivity contribution in [2.75, 3.05) is 19.8 Å². The standard InChI is InChI=1S/C21H27N7O2/c1-14(2)26-21(25-13-23)28-12-16-5-8-30-19-9-15(3-4-18(19)20(16)27-28)17(10-22)11-24-6-7-29/h3-4,9-14,22,24,29H,5-8H2,1-2H3,(H2,23,25,26)/b17-11+,22-10?. The van der Waals surface area contributed by atoms with Crippen molar-refractivity contribution in [3.05, 3.63) is 41.7 Å². The molecule has 0 spiro atoms. The SMILES string of the molecule is CC(C)N/C(=N\C=N)n1cc2c(n1)-c1ccc(/C(C=N)=C/NCCO)cc1OCC2. The maximum atomic E-state index is 8.92. The Morgan fingerprint density at radius 3 is 2.93 bits per heavy atom. The van der Waals surface area contributed by atoms with Crippen molar-refractivity contribution in [3.63, 3.8) is 0 Å². The number of allylic oxidation sites excluding steroid dienone is 1. The first kappa shape index (κ1) is 21.3. The van der Waals surface area contributed by atoms with E-state index in [-0.39, 0.29) is 12.6 Å². The van der Waals surface area contributed by atoms with Gasteiger partial charge in [-0.3, -0.25) is 5.41 Å². The van der Waals surface area contributed by atoms with Crippen LogP contribution in [0.5, 0.6) is 5.75 Å². The molecule has 2 heterocycles. The van der Waals surface area contributed by atoms with Gasteiger partial charge in [-0.2, -0.15) is 5.10 Å². The molecule has 9 heteroatoms. The number of hydrogen-bond acceptors (Lipinski definition) is 6. The van der Waals surface area contributed by atoms with Crippen LogP contribution in [-0.2, 0) is 6.42 Å². The summed E-state index contributed by atoms with van der Waals surface area (Å²) in [6, 6.07) is 5.92. The first-order valence-electron chi connectivity index (χ1n) is 9.82. The van der Waals surface area contributed by atoms with E-state index in [0.717, 1.165) is 28.7 Å². The summed E-state index contributed by atoms with van der Waals surface area (Å²) in [5, 5.41) is 34.9. The van der Waals surface area contributed by atoms with E-state index in [9.17, 15) is 0 Å². The fourth-order valence-electron chi connectivity index (χ4n) is 3.15. The third kappa shape index (κ3) is 4.74. The van der Waals surface area contributed by atoms with Crippen molar-refractivity contribution < 1.29 is 9.84 Å². The highest BCUT2D eigenvalue weighted by Gasteiger charge is 2.21. The Morgan fingerprint density at radius 2 is 2.23 bits per heavy atom. The summed E-state index contributed by atoms with van der Waals surface area (Å²) in [5.74, 6) is 1.20. The van der Waals surface area contributed by atoms with Gasteiger partial charge in [0.25, 0.3) is 0 Å². The predicted octanol–water partition coefficient (Wildman–Crippen LogP) is 1.87. The largest absolute Gasteiger partial charge is 0.493 e. The van der Waals surface area contributed by atoms with E-state index in [1.54, 1.807) is 10.9 Å². The van der Waals surface area contributed by atoms with Gasteiger partial charge in [-0.15, -0.1) is 0 Å². The van der Waals surface area contributed by atoms with Crippen LogP contribution < -0.4 is 15.4 Å². The number of aliphatic imine (C=N–C) groups is 1. The number of nitrogens with one attached hydrogen (secondary N) is 4. The summed E-state index contributed by atoms with van der Waals surface area (Å²) < 4.78 is 7.64. The molecule has 0 saturated carbocycles. The Balaban J connectivity index is 1.99. The van der Waals surface area contributed by atoms with Gasteiger partial charge in [-0.25, -0.2) is 9.67 Å². The molecule has 0 radical (unpaired) electrons. The number of ether oxygens (including phenoxy) is 1. The second-order valence-corrected chi connectivity index (χ2v) is 7.06. The van der Waals surface area contributed by atoms with Gasteiger partial charge in [0.1, 0.15) is 12.1 Å². The van der Waals surface area contributed by atoms with Gasteiger partial charge in [0, 0.05) is 54.3 Å². The van der Waals surface area contributed by atoms with Crippen LogP contribution in [0, 0.1) is 10.8 Å². The van der Waals surface area contributed by atoms with Crippen LogP contribution in [0.25, 0.3) is 16.8 Å². The van der Waals surface area contributed by atoms with Gasteiger partial charge in [0.2, 0.25) is 5.96 Å². The van der Waals surface area contributed by atoms with E-state index < -0.39 is 0 Å². The molecule has 30 heavy (non-hydrogen) atoms. The number of aromatic nitrogens is 2. The summed E-state index contributed by atoms with van der Waals surface area (Å²) >= 11 is 0. The van der Waals surface area contributed by atoms with E-state index in [1.165, 1.54) is 6.21 Å². The molecule has 1 aromatic heterocycles. The van der Waals surface area contributed by atoms with Crippen LogP contribution >= 0.6 is 0 Å². The highest BCUT2D eigenvalue weighted by molar-refractivity contribution is 6.08. The molecule has 9 nitrogen and oxygen atoms in total. The predicted molar refractivity (Wildman–Crippen MR) is 119 cm³/mol. The first-order chi connectivity index (χ1) is 14.6. The van der Waals surface area contributed by atoms with Crippen LogP contribution in [0.4, 0.5) is 0 Å². The second-order valence-electron chi connectivity index (χ2n) is 7.06. The molecule has 1 aliphatic rings. The third-order valence-electron chi connectivity index (χ3n) is 4.48. The van der Waals surface area contributed by atoms with Gasteiger partial charge in [-0.1, -0.05) is 6.07 Å². The zero-order valence-electron chi connectivity index (χ0n) is 17.1. The molecule has 0 atom stereocenters. The number of fused-ring (bicyclic) bond motifs is 3.